The Hall–Kier alpha value is -3.04. The monoisotopic (exact) mass is 436 g/mol. The summed E-state index contributed by atoms with van der Waals surface area (Å²) in [5, 5.41) is 3.90. The van der Waals surface area contributed by atoms with E-state index in [1.165, 1.54) is 48.9 Å². The number of carbonyl (C=O) groups excluding carboxylic acids is 2. The number of amides is 2. The van der Waals surface area contributed by atoms with Gasteiger partial charge in [-0.25, -0.2) is 8.42 Å². The minimum atomic E-state index is -3.92. The standard InChI is InChI=1S/C19H17ClN2O6S/c20-13-5-7-15(8-6-13)29(25,26)17(16-4-2-10-28-16)12-22-19(24)18(23)21-11-14-3-1-9-27-14/h1-10,17H,11-12H2,(H,21,23)(H,22,24)/t17-/m1/s1. The topological polar surface area (TPSA) is 119 Å². The van der Waals surface area contributed by atoms with Crippen LogP contribution in [0.2, 0.25) is 5.02 Å². The van der Waals surface area contributed by atoms with Crippen molar-refractivity contribution in [3.8, 4) is 0 Å². The minimum Gasteiger partial charge on any atom is -0.468 e. The molecule has 1 aromatic carbocycles. The summed E-state index contributed by atoms with van der Waals surface area (Å²) in [6.45, 7) is -0.324. The van der Waals surface area contributed by atoms with Crippen LogP contribution >= 0.6 is 11.6 Å². The lowest BCUT2D eigenvalue weighted by Crippen LogP contribution is -2.42. The highest BCUT2D eigenvalue weighted by Crippen LogP contribution is 2.29. The average Bonchev–Trinajstić information content (AvgIpc) is 3.40. The van der Waals surface area contributed by atoms with Crippen molar-refractivity contribution >= 4 is 33.3 Å². The summed E-state index contributed by atoms with van der Waals surface area (Å²) >= 11 is 5.82. The van der Waals surface area contributed by atoms with Gasteiger partial charge < -0.3 is 19.5 Å². The summed E-state index contributed by atoms with van der Waals surface area (Å²) in [4.78, 5) is 24.0. The molecule has 0 aliphatic carbocycles. The van der Waals surface area contributed by atoms with E-state index in [4.69, 9.17) is 20.4 Å². The summed E-state index contributed by atoms with van der Waals surface area (Å²) in [7, 11) is -3.92. The predicted molar refractivity (Wildman–Crippen MR) is 104 cm³/mol. The van der Waals surface area contributed by atoms with Crippen molar-refractivity contribution in [3.63, 3.8) is 0 Å². The SMILES string of the molecule is O=C(NCc1ccco1)C(=O)NC[C@H](c1ccco1)S(=O)(=O)c1ccc(Cl)cc1. The number of hydrogen-bond acceptors (Lipinski definition) is 6. The first-order valence-electron chi connectivity index (χ1n) is 8.49. The Kier molecular flexibility index (Phi) is 6.40. The molecule has 8 nitrogen and oxygen atoms in total. The van der Waals surface area contributed by atoms with Crippen molar-refractivity contribution in [1.82, 2.24) is 10.6 Å². The second-order valence-corrected chi connectivity index (χ2v) is 8.54. The van der Waals surface area contributed by atoms with Crippen LogP contribution in [0.1, 0.15) is 16.8 Å². The number of benzene rings is 1. The maximum Gasteiger partial charge on any atom is 0.309 e. The summed E-state index contributed by atoms with van der Waals surface area (Å²) in [5.74, 6) is -1.27. The van der Waals surface area contributed by atoms with E-state index in [2.05, 4.69) is 10.6 Å². The molecule has 0 fully saturated rings. The molecule has 0 unspecified atom stereocenters. The second kappa shape index (κ2) is 8.97. The van der Waals surface area contributed by atoms with E-state index >= 15 is 0 Å². The summed E-state index contributed by atoms with van der Waals surface area (Å²) < 4.78 is 36.4. The lowest BCUT2D eigenvalue weighted by Gasteiger charge is -2.16. The number of nitrogens with one attached hydrogen (secondary N) is 2. The maximum absolute atomic E-state index is 13.0. The van der Waals surface area contributed by atoms with Gasteiger partial charge in [-0.2, -0.15) is 0 Å². The van der Waals surface area contributed by atoms with Gasteiger partial charge in [-0.3, -0.25) is 9.59 Å². The smallest absolute Gasteiger partial charge is 0.309 e. The minimum absolute atomic E-state index is 0.0137. The van der Waals surface area contributed by atoms with Crippen molar-refractivity contribution in [1.29, 1.82) is 0 Å². The Morgan fingerprint density at radius 1 is 0.931 bits per heavy atom. The molecule has 0 radical (unpaired) electrons. The van der Waals surface area contributed by atoms with Gasteiger partial charge in [0, 0.05) is 11.6 Å². The van der Waals surface area contributed by atoms with Crippen molar-refractivity contribution in [2.75, 3.05) is 6.54 Å². The molecule has 0 spiro atoms. The molecule has 2 aromatic heterocycles. The van der Waals surface area contributed by atoms with E-state index < -0.39 is 26.9 Å². The van der Waals surface area contributed by atoms with Gasteiger partial charge in [0.2, 0.25) is 0 Å². The molecule has 1 atom stereocenters. The number of furan rings is 2. The van der Waals surface area contributed by atoms with Crippen molar-refractivity contribution < 1.29 is 26.8 Å². The molecule has 0 bridgehead atoms. The van der Waals surface area contributed by atoms with Crippen LogP contribution in [0.4, 0.5) is 0 Å². The molecule has 3 rings (SSSR count). The fourth-order valence-electron chi connectivity index (χ4n) is 2.55. The third-order valence-electron chi connectivity index (χ3n) is 4.03. The first-order valence-corrected chi connectivity index (χ1v) is 10.4. The molecule has 0 saturated carbocycles. The van der Waals surface area contributed by atoms with Crippen LogP contribution < -0.4 is 10.6 Å². The Morgan fingerprint density at radius 2 is 1.59 bits per heavy atom. The number of sulfone groups is 1. The molecule has 2 N–H and O–H groups in total. The van der Waals surface area contributed by atoms with Gasteiger partial charge in [-0.1, -0.05) is 11.6 Å². The van der Waals surface area contributed by atoms with E-state index in [0.717, 1.165) is 0 Å². The van der Waals surface area contributed by atoms with Crippen LogP contribution in [0.15, 0.2) is 74.8 Å². The summed E-state index contributed by atoms with van der Waals surface area (Å²) in [6, 6.07) is 12.0. The molecule has 3 aromatic rings. The van der Waals surface area contributed by atoms with Crippen LogP contribution in [0.25, 0.3) is 0 Å². The zero-order valence-corrected chi connectivity index (χ0v) is 16.6. The van der Waals surface area contributed by atoms with Gasteiger partial charge in [0.25, 0.3) is 0 Å². The first kappa shape index (κ1) is 20.7. The highest BCUT2D eigenvalue weighted by Gasteiger charge is 2.32. The Morgan fingerprint density at radius 3 is 2.21 bits per heavy atom. The van der Waals surface area contributed by atoms with Crippen LogP contribution in [-0.4, -0.2) is 26.8 Å². The fourth-order valence-corrected chi connectivity index (χ4v) is 4.27. The van der Waals surface area contributed by atoms with Crippen LogP contribution in [0.3, 0.4) is 0 Å². The largest absolute Gasteiger partial charge is 0.468 e. The molecule has 152 valence electrons. The van der Waals surface area contributed by atoms with E-state index in [0.29, 0.717) is 10.8 Å². The average molecular weight is 437 g/mol. The van der Waals surface area contributed by atoms with E-state index in [9.17, 15) is 18.0 Å². The van der Waals surface area contributed by atoms with Crippen molar-refractivity contribution in [2.24, 2.45) is 0 Å². The summed E-state index contributed by atoms with van der Waals surface area (Å²) in [6.07, 6.45) is 2.77. The first-order chi connectivity index (χ1) is 13.9. The van der Waals surface area contributed by atoms with Crippen LogP contribution in [0.5, 0.6) is 0 Å². The molecular weight excluding hydrogens is 420 g/mol. The van der Waals surface area contributed by atoms with Gasteiger partial charge in [0.1, 0.15) is 16.8 Å². The number of carbonyl (C=O) groups is 2. The molecule has 10 heteroatoms. The van der Waals surface area contributed by atoms with Crippen molar-refractivity contribution in [3.05, 3.63) is 77.6 Å². The fraction of sp³-hybridized carbons (Fsp3) is 0.158. The lowest BCUT2D eigenvalue weighted by atomic mass is 10.3. The molecule has 2 heterocycles. The van der Waals surface area contributed by atoms with Gasteiger partial charge in [0.05, 0.1) is 24.0 Å². The van der Waals surface area contributed by atoms with E-state index in [1.54, 1.807) is 12.1 Å². The van der Waals surface area contributed by atoms with Gasteiger partial charge >= 0.3 is 11.8 Å². The van der Waals surface area contributed by atoms with E-state index in [-0.39, 0.29) is 23.7 Å². The maximum atomic E-state index is 13.0. The third kappa shape index (κ3) is 5.07. The second-order valence-electron chi connectivity index (χ2n) is 5.98. The lowest BCUT2D eigenvalue weighted by molar-refractivity contribution is -0.139. The highest BCUT2D eigenvalue weighted by atomic mass is 35.5. The quantitative estimate of drug-likeness (QED) is 0.549. The molecule has 0 aliphatic heterocycles. The third-order valence-corrected chi connectivity index (χ3v) is 6.36. The van der Waals surface area contributed by atoms with Gasteiger partial charge in [0.15, 0.2) is 9.84 Å². The Labute approximate surface area is 171 Å². The predicted octanol–water partition coefficient (Wildman–Crippen LogP) is 2.47. The normalized spacial score (nSPS) is 12.3. The van der Waals surface area contributed by atoms with Gasteiger partial charge in [-0.05, 0) is 48.5 Å². The van der Waals surface area contributed by atoms with Crippen molar-refractivity contribution in [2.45, 2.75) is 16.7 Å². The zero-order chi connectivity index (χ0) is 20.9. The zero-order valence-electron chi connectivity index (χ0n) is 15.0. The number of halogens is 1. The summed E-state index contributed by atoms with van der Waals surface area (Å²) in [5.41, 5.74) is 0. The number of rotatable bonds is 7. The highest BCUT2D eigenvalue weighted by molar-refractivity contribution is 7.91. The van der Waals surface area contributed by atoms with Crippen LogP contribution in [-0.2, 0) is 26.0 Å². The number of hydrogen-bond donors (Lipinski definition) is 2. The molecule has 0 saturated heterocycles. The van der Waals surface area contributed by atoms with Gasteiger partial charge in [-0.15, -0.1) is 0 Å². The molecule has 29 heavy (non-hydrogen) atoms. The van der Waals surface area contributed by atoms with E-state index in [1.807, 2.05) is 0 Å². The Balaban J connectivity index is 1.70. The molecular formula is C19H17ClN2O6S. The molecule has 2 amide bonds. The van der Waals surface area contributed by atoms with Crippen LogP contribution in [0, 0.1) is 0 Å². The Bertz CT molecular complexity index is 1060. The molecule has 0 aliphatic rings.